The molecule has 1 heterocycles. The predicted molar refractivity (Wildman–Crippen MR) is 39.2 cm³/mol. The van der Waals surface area contributed by atoms with E-state index in [1.165, 1.54) is 0 Å². The van der Waals surface area contributed by atoms with Crippen LogP contribution in [0.5, 0.6) is 5.75 Å². The first-order valence-electron chi connectivity index (χ1n) is 3.52. The summed E-state index contributed by atoms with van der Waals surface area (Å²) in [5.74, 6) is -2.18. The lowest BCUT2D eigenvalue weighted by atomic mass is 10.1. The van der Waals surface area contributed by atoms with E-state index >= 15 is 0 Å². The van der Waals surface area contributed by atoms with Gasteiger partial charge in [-0.15, -0.1) is 0 Å². The molecule has 0 radical (unpaired) electrons. The van der Waals surface area contributed by atoms with Crippen molar-refractivity contribution in [2.75, 3.05) is 0 Å². The second kappa shape index (κ2) is 2.20. The zero-order valence-electron chi connectivity index (χ0n) is 6.14. The first kappa shape index (κ1) is 7.54. The van der Waals surface area contributed by atoms with Crippen molar-refractivity contribution in [2.45, 2.75) is 12.1 Å². The van der Waals surface area contributed by atoms with Crippen LogP contribution in [0.15, 0.2) is 24.3 Å². The summed E-state index contributed by atoms with van der Waals surface area (Å²) in [4.78, 5) is 0. The van der Waals surface area contributed by atoms with E-state index in [9.17, 15) is 5.11 Å². The fourth-order valence-electron chi connectivity index (χ4n) is 1.22. The third-order valence-corrected chi connectivity index (χ3v) is 1.83. The number of para-hydroxylation sites is 1. The quantitative estimate of drug-likeness (QED) is 0.467. The molecule has 1 aliphatic heterocycles. The average Bonchev–Trinajstić information content (AvgIpc) is 2.24. The molecule has 0 bridgehead atoms. The smallest absolute Gasteiger partial charge is 0.354 e. The number of benzene rings is 1. The lowest BCUT2D eigenvalue weighted by molar-refractivity contribution is -0.326. The highest BCUT2D eigenvalue weighted by Crippen LogP contribution is 2.39. The Hall–Kier alpha value is -1.10. The Morgan fingerprint density at radius 3 is 2.58 bits per heavy atom. The van der Waals surface area contributed by atoms with Gasteiger partial charge >= 0.3 is 5.97 Å². The molecule has 1 aromatic rings. The molecule has 0 spiro atoms. The fourth-order valence-corrected chi connectivity index (χ4v) is 1.22. The summed E-state index contributed by atoms with van der Waals surface area (Å²) in [5.41, 5.74) is 0.391. The van der Waals surface area contributed by atoms with Crippen LogP contribution < -0.4 is 4.74 Å². The van der Waals surface area contributed by atoms with Gasteiger partial charge in [0.1, 0.15) is 5.75 Å². The number of fused-ring (bicyclic) bond motifs is 1. The molecule has 1 unspecified atom stereocenters. The van der Waals surface area contributed by atoms with Crippen LogP contribution in [0.4, 0.5) is 0 Å². The molecule has 1 atom stereocenters. The van der Waals surface area contributed by atoms with Crippen molar-refractivity contribution in [3.05, 3.63) is 29.8 Å². The molecule has 2 rings (SSSR count). The van der Waals surface area contributed by atoms with E-state index in [1.54, 1.807) is 24.3 Å². The fraction of sp³-hybridized carbons (Fsp3) is 0.250. The molecule has 0 fully saturated rings. The first-order chi connectivity index (χ1) is 5.61. The van der Waals surface area contributed by atoms with E-state index in [0.29, 0.717) is 11.3 Å². The van der Waals surface area contributed by atoms with Crippen LogP contribution in [0.3, 0.4) is 0 Å². The first-order valence-corrected chi connectivity index (χ1v) is 3.52. The van der Waals surface area contributed by atoms with E-state index < -0.39 is 12.1 Å². The zero-order chi connectivity index (χ0) is 8.77. The van der Waals surface area contributed by atoms with Gasteiger partial charge < -0.3 is 20.1 Å². The summed E-state index contributed by atoms with van der Waals surface area (Å²) in [6.45, 7) is 0. The van der Waals surface area contributed by atoms with Gasteiger partial charge in [0.25, 0.3) is 0 Å². The van der Waals surface area contributed by atoms with E-state index in [0.717, 1.165) is 0 Å². The average molecular weight is 168 g/mol. The van der Waals surface area contributed by atoms with Crippen LogP contribution in [0, 0.1) is 0 Å². The number of aliphatic hydroxyl groups is 3. The lowest BCUT2D eigenvalue weighted by Crippen LogP contribution is -2.37. The molecular weight excluding hydrogens is 160 g/mol. The van der Waals surface area contributed by atoms with Gasteiger partial charge in [-0.3, -0.25) is 0 Å². The van der Waals surface area contributed by atoms with Gasteiger partial charge in [-0.05, 0) is 6.07 Å². The summed E-state index contributed by atoms with van der Waals surface area (Å²) < 4.78 is 4.67. The Bertz CT molecular complexity index is 308. The second-order valence-corrected chi connectivity index (χ2v) is 2.70. The molecule has 4 nitrogen and oxygen atoms in total. The SMILES string of the molecule is OC1c2ccccc2OC1(O)O. The van der Waals surface area contributed by atoms with Crippen molar-refractivity contribution in [3.63, 3.8) is 0 Å². The van der Waals surface area contributed by atoms with Gasteiger partial charge in [0.15, 0.2) is 6.10 Å². The van der Waals surface area contributed by atoms with Crippen molar-refractivity contribution in [3.8, 4) is 5.75 Å². The number of hydrogen-bond donors (Lipinski definition) is 3. The minimum atomic E-state index is -2.48. The van der Waals surface area contributed by atoms with E-state index in [-0.39, 0.29) is 0 Å². The Morgan fingerprint density at radius 2 is 1.92 bits per heavy atom. The maximum atomic E-state index is 9.28. The van der Waals surface area contributed by atoms with E-state index in [4.69, 9.17) is 10.2 Å². The molecule has 12 heavy (non-hydrogen) atoms. The summed E-state index contributed by atoms with van der Waals surface area (Å²) >= 11 is 0. The minimum Gasteiger partial charge on any atom is -0.437 e. The van der Waals surface area contributed by atoms with Gasteiger partial charge in [-0.2, -0.15) is 0 Å². The van der Waals surface area contributed by atoms with Crippen LogP contribution in [-0.2, 0) is 0 Å². The molecule has 64 valence electrons. The molecule has 0 amide bonds. The van der Waals surface area contributed by atoms with Crippen LogP contribution in [0.1, 0.15) is 11.7 Å². The molecular formula is C8H8O4. The maximum Gasteiger partial charge on any atom is 0.354 e. The minimum absolute atomic E-state index is 0.301. The maximum absolute atomic E-state index is 9.28. The van der Waals surface area contributed by atoms with Crippen molar-refractivity contribution in [1.29, 1.82) is 0 Å². The molecule has 0 saturated carbocycles. The third kappa shape index (κ3) is 0.896. The van der Waals surface area contributed by atoms with Crippen LogP contribution in [-0.4, -0.2) is 21.3 Å². The van der Waals surface area contributed by atoms with Gasteiger partial charge in [0.2, 0.25) is 0 Å². The molecule has 0 saturated heterocycles. The predicted octanol–water partition coefficient (Wildman–Crippen LogP) is -0.249. The summed E-state index contributed by atoms with van der Waals surface area (Å²) in [7, 11) is 0. The molecule has 0 aliphatic carbocycles. The van der Waals surface area contributed by atoms with Crippen molar-refractivity contribution >= 4 is 0 Å². The molecule has 4 heteroatoms. The van der Waals surface area contributed by atoms with Crippen molar-refractivity contribution < 1.29 is 20.1 Å². The Balaban J connectivity index is 2.49. The number of hydrogen-bond acceptors (Lipinski definition) is 4. The largest absolute Gasteiger partial charge is 0.437 e. The lowest BCUT2D eigenvalue weighted by Gasteiger charge is -2.17. The molecule has 0 aromatic heterocycles. The highest BCUT2D eigenvalue weighted by atomic mass is 16.8. The monoisotopic (exact) mass is 168 g/mol. The molecule has 3 N–H and O–H groups in total. The summed E-state index contributed by atoms with van der Waals surface area (Å²) in [6.07, 6.45) is -1.39. The highest BCUT2D eigenvalue weighted by Gasteiger charge is 2.45. The van der Waals surface area contributed by atoms with Crippen molar-refractivity contribution in [1.82, 2.24) is 0 Å². The van der Waals surface area contributed by atoms with E-state index in [1.807, 2.05) is 0 Å². The van der Waals surface area contributed by atoms with Gasteiger partial charge in [0, 0.05) is 5.56 Å². The third-order valence-electron chi connectivity index (χ3n) is 1.83. The Kier molecular flexibility index (Phi) is 1.38. The van der Waals surface area contributed by atoms with E-state index in [2.05, 4.69) is 4.74 Å². The van der Waals surface area contributed by atoms with Crippen LogP contribution >= 0.6 is 0 Å². The number of rotatable bonds is 0. The van der Waals surface area contributed by atoms with Gasteiger partial charge in [-0.25, -0.2) is 0 Å². The van der Waals surface area contributed by atoms with Crippen LogP contribution in [0.25, 0.3) is 0 Å². The van der Waals surface area contributed by atoms with Gasteiger partial charge in [0.05, 0.1) is 0 Å². The molecule has 1 aromatic carbocycles. The Labute approximate surface area is 68.7 Å². The number of aliphatic hydroxyl groups excluding tert-OH is 1. The van der Waals surface area contributed by atoms with Gasteiger partial charge in [-0.1, -0.05) is 18.2 Å². The summed E-state index contributed by atoms with van der Waals surface area (Å²) in [6, 6.07) is 6.51. The summed E-state index contributed by atoms with van der Waals surface area (Å²) in [5, 5.41) is 27.4. The Morgan fingerprint density at radius 1 is 1.25 bits per heavy atom. The highest BCUT2D eigenvalue weighted by molar-refractivity contribution is 5.39. The molecule has 1 aliphatic rings. The normalized spacial score (nSPS) is 24.8. The zero-order valence-corrected chi connectivity index (χ0v) is 6.14. The topological polar surface area (TPSA) is 69.9 Å². The van der Waals surface area contributed by atoms with Crippen LogP contribution in [0.2, 0.25) is 0 Å². The number of ether oxygens (including phenoxy) is 1. The standard InChI is InChI=1S/C8H8O4/c9-7-5-3-1-2-4-6(5)12-8(7,10)11/h1-4,7,9-11H. The van der Waals surface area contributed by atoms with Crippen molar-refractivity contribution in [2.24, 2.45) is 0 Å². The second-order valence-electron chi connectivity index (χ2n) is 2.70.